The third-order valence-electron chi connectivity index (χ3n) is 1.86. The van der Waals surface area contributed by atoms with Crippen LogP contribution in [0.3, 0.4) is 0 Å². The van der Waals surface area contributed by atoms with Gasteiger partial charge in [0.15, 0.2) is 0 Å². The predicted octanol–water partition coefficient (Wildman–Crippen LogP) is 5.15. The van der Waals surface area contributed by atoms with Crippen molar-refractivity contribution < 1.29 is 8.78 Å². The summed E-state index contributed by atoms with van der Waals surface area (Å²) >= 11 is 12.6. The normalized spacial score (nSPS) is 11.5. The summed E-state index contributed by atoms with van der Waals surface area (Å²) in [6, 6.07) is 4.81. The van der Waals surface area contributed by atoms with E-state index in [4.69, 9.17) is 23.2 Å². The van der Waals surface area contributed by atoms with Crippen LogP contribution in [0.5, 0.6) is 0 Å². The maximum absolute atomic E-state index is 12.6. The Kier molecular flexibility index (Phi) is 2.64. The van der Waals surface area contributed by atoms with E-state index in [1.54, 1.807) is 12.1 Å². The minimum absolute atomic E-state index is 0.0889. The van der Waals surface area contributed by atoms with Crippen LogP contribution in [0.2, 0.25) is 9.36 Å². The minimum atomic E-state index is -2.57. The van der Waals surface area contributed by atoms with Gasteiger partial charge in [0, 0.05) is 4.70 Å². The van der Waals surface area contributed by atoms with Crippen LogP contribution in [0, 0.1) is 0 Å². The molecule has 1 heterocycles. The molecule has 1 aromatic heterocycles. The topological polar surface area (TPSA) is 0 Å². The summed E-state index contributed by atoms with van der Waals surface area (Å²) in [5.41, 5.74) is -0.124. The molecule has 1 aromatic carbocycles. The standard InChI is InChI=1S/C9H4Cl2F2S/c10-5-2-1-4-3-6(11)14-8(4)7(5)9(12)13/h1-3,9H. The molecule has 0 bridgehead atoms. The first-order valence-corrected chi connectivity index (χ1v) is 5.32. The molecular formula is C9H4Cl2F2S. The van der Waals surface area contributed by atoms with Crippen molar-refractivity contribution >= 4 is 44.6 Å². The van der Waals surface area contributed by atoms with E-state index in [0.717, 1.165) is 11.3 Å². The molecule has 0 aliphatic rings. The van der Waals surface area contributed by atoms with Crippen LogP contribution in [-0.2, 0) is 0 Å². The van der Waals surface area contributed by atoms with Gasteiger partial charge in [-0.05, 0) is 17.5 Å². The van der Waals surface area contributed by atoms with E-state index in [1.165, 1.54) is 6.07 Å². The molecule has 0 fully saturated rings. The first-order valence-electron chi connectivity index (χ1n) is 3.75. The van der Waals surface area contributed by atoms with Crippen LogP contribution in [-0.4, -0.2) is 0 Å². The second-order valence-corrected chi connectivity index (χ2v) is 4.82. The van der Waals surface area contributed by atoms with E-state index in [-0.39, 0.29) is 10.6 Å². The number of benzene rings is 1. The Morgan fingerprint density at radius 3 is 2.57 bits per heavy atom. The third-order valence-corrected chi connectivity index (χ3v) is 3.50. The van der Waals surface area contributed by atoms with Crippen LogP contribution in [0.4, 0.5) is 8.78 Å². The highest BCUT2D eigenvalue weighted by molar-refractivity contribution is 7.22. The predicted molar refractivity (Wildman–Crippen MR) is 56.8 cm³/mol. The number of thiophene rings is 1. The quantitative estimate of drug-likeness (QED) is 0.659. The van der Waals surface area contributed by atoms with Crippen molar-refractivity contribution in [2.75, 3.05) is 0 Å². The van der Waals surface area contributed by atoms with E-state index in [1.807, 2.05) is 0 Å². The molecule has 5 heteroatoms. The SMILES string of the molecule is FC(F)c1c(Cl)ccc2cc(Cl)sc12. The number of rotatable bonds is 1. The minimum Gasteiger partial charge on any atom is -0.205 e. The van der Waals surface area contributed by atoms with Gasteiger partial charge >= 0.3 is 0 Å². The summed E-state index contributed by atoms with van der Waals surface area (Å²) in [6.07, 6.45) is -2.57. The maximum atomic E-state index is 12.6. The molecule has 0 N–H and O–H groups in total. The van der Waals surface area contributed by atoms with Crippen LogP contribution in [0.25, 0.3) is 10.1 Å². The number of hydrogen-bond acceptors (Lipinski definition) is 1. The lowest BCUT2D eigenvalue weighted by Crippen LogP contribution is -1.85. The smallest absolute Gasteiger partial charge is 0.205 e. The Morgan fingerprint density at radius 2 is 1.93 bits per heavy atom. The number of fused-ring (bicyclic) bond motifs is 1. The zero-order valence-electron chi connectivity index (χ0n) is 6.73. The van der Waals surface area contributed by atoms with Gasteiger partial charge in [-0.3, -0.25) is 0 Å². The fourth-order valence-electron chi connectivity index (χ4n) is 1.27. The Morgan fingerprint density at radius 1 is 1.21 bits per heavy atom. The molecule has 0 unspecified atom stereocenters. The van der Waals surface area contributed by atoms with Crippen molar-refractivity contribution in [2.45, 2.75) is 6.43 Å². The number of halogens is 4. The van der Waals surface area contributed by atoms with Crippen molar-refractivity contribution in [3.8, 4) is 0 Å². The van der Waals surface area contributed by atoms with Crippen LogP contribution in [0.15, 0.2) is 18.2 Å². The first kappa shape index (κ1) is 10.1. The summed E-state index contributed by atoms with van der Waals surface area (Å²) in [6.45, 7) is 0. The number of hydrogen-bond donors (Lipinski definition) is 0. The average molecular weight is 253 g/mol. The molecule has 14 heavy (non-hydrogen) atoms. The van der Waals surface area contributed by atoms with Crippen LogP contribution >= 0.6 is 34.5 Å². The van der Waals surface area contributed by atoms with Crippen molar-refractivity contribution in [2.24, 2.45) is 0 Å². The highest BCUT2D eigenvalue weighted by atomic mass is 35.5. The molecule has 0 saturated carbocycles. The molecule has 2 rings (SSSR count). The summed E-state index contributed by atoms with van der Waals surface area (Å²) in [5.74, 6) is 0. The van der Waals surface area contributed by atoms with E-state index in [0.29, 0.717) is 14.4 Å². The fraction of sp³-hybridized carbons (Fsp3) is 0.111. The lowest BCUT2D eigenvalue weighted by atomic mass is 10.2. The first-order chi connectivity index (χ1) is 6.59. The van der Waals surface area contributed by atoms with Gasteiger partial charge in [0.2, 0.25) is 0 Å². The van der Waals surface area contributed by atoms with Gasteiger partial charge in [-0.1, -0.05) is 29.3 Å². The molecule has 2 aromatic rings. The highest BCUT2D eigenvalue weighted by Gasteiger charge is 2.17. The Balaban J connectivity index is 2.82. The molecule has 74 valence electrons. The monoisotopic (exact) mass is 252 g/mol. The highest BCUT2D eigenvalue weighted by Crippen LogP contribution is 2.39. The van der Waals surface area contributed by atoms with Gasteiger partial charge in [-0.2, -0.15) is 0 Å². The molecule has 0 atom stereocenters. The second-order valence-electron chi connectivity index (χ2n) is 2.73. The molecular weight excluding hydrogens is 249 g/mol. The van der Waals surface area contributed by atoms with Gasteiger partial charge in [0.1, 0.15) is 0 Å². The average Bonchev–Trinajstić information content (AvgIpc) is 2.43. The van der Waals surface area contributed by atoms with Crippen LogP contribution < -0.4 is 0 Å². The van der Waals surface area contributed by atoms with E-state index in [2.05, 4.69) is 0 Å². The Labute approximate surface area is 93.1 Å². The van der Waals surface area contributed by atoms with Crippen molar-refractivity contribution in [1.29, 1.82) is 0 Å². The molecule has 0 amide bonds. The van der Waals surface area contributed by atoms with Gasteiger partial charge in [-0.15, -0.1) is 11.3 Å². The van der Waals surface area contributed by atoms with Gasteiger partial charge < -0.3 is 0 Å². The van der Waals surface area contributed by atoms with E-state index in [9.17, 15) is 8.78 Å². The summed E-state index contributed by atoms with van der Waals surface area (Å²) in [5, 5.41) is 0.797. The van der Waals surface area contributed by atoms with Crippen LogP contribution in [0.1, 0.15) is 12.0 Å². The lowest BCUT2D eigenvalue weighted by Gasteiger charge is -2.03. The van der Waals surface area contributed by atoms with Gasteiger partial charge in [-0.25, -0.2) is 8.78 Å². The largest absolute Gasteiger partial charge is 0.266 e. The molecule has 0 spiro atoms. The Hall–Kier alpha value is -0.380. The second kappa shape index (κ2) is 3.65. The summed E-state index contributed by atoms with van der Waals surface area (Å²) in [4.78, 5) is 0. The zero-order chi connectivity index (χ0) is 10.3. The van der Waals surface area contributed by atoms with E-state index >= 15 is 0 Å². The van der Waals surface area contributed by atoms with Crippen molar-refractivity contribution in [1.82, 2.24) is 0 Å². The molecule has 0 aliphatic carbocycles. The third kappa shape index (κ3) is 1.60. The molecule has 0 saturated heterocycles. The van der Waals surface area contributed by atoms with E-state index < -0.39 is 6.43 Å². The van der Waals surface area contributed by atoms with Gasteiger partial charge in [0.05, 0.1) is 14.9 Å². The van der Waals surface area contributed by atoms with Gasteiger partial charge in [0.25, 0.3) is 6.43 Å². The Bertz CT molecular complexity index is 479. The maximum Gasteiger partial charge on any atom is 0.266 e. The molecule has 0 aliphatic heterocycles. The summed E-state index contributed by atoms with van der Waals surface area (Å²) < 4.78 is 26.3. The lowest BCUT2D eigenvalue weighted by molar-refractivity contribution is 0.153. The van der Waals surface area contributed by atoms with Crippen molar-refractivity contribution in [3.05, 3.63) is 33.1 Å². The summed E-state index contributed by atoms with van der Waals surface area (Å²) in [7, 11) is 0. The fourth-order valence-corrected chi connectivity index (χ4v) is 2.85. The number of alkyl halides is 2. The molecule has 0 nitrogen and oxygen atoms in total. The van der Waals surface area contributed by atoms with Crippen molar-refractivity contribution in [3.63, 3.8) is 0 Å². The molecule has 0 radical (unpaired) electrons. The zero-order valence-corrected chi connectivity index (χ0v) is 9.06.